The summed E-state index contributed by atoms with van der Waals surface area (Å²) in [4.78, 5) is 11.2. The summed E-state index contributed by atoms with van der Waals surface area (Å²) in [5.41, 5.74) is 5.21. The van der Waals surface area contributed by atoms with Gasteiger partial charge < -0.3 is 15.8 Å². The third kappa shape index (κ3) is 4.05. The van der Waals surface area contributed by atoms with Gasteiger partial charge in [0.15, 0.2) is 0 Å². The first-order valence-electron chi connectivity index (χ1n) is 4.55. The molecule has 0 unspecified atom stereocenters. The summed E-state index contributed by atoms with van der Waals surface area (Å²) >= 11 is 0. The first kappa shape index (κ1) is 10.2. The highest BCUT2D eigenvalue weighted by molar-refractivity contribution is 5.77. The minimum atomic E-state index is -0.0536. The fourth-order valence-corrected chi connectivity index (χ4v) is 1.25. The number of amides is 1. The van der Waals surface area contributed by atoms with Crippen LogP contribution in [0.3, 0.4) is 0 Å². The van der Waals surface area contributed by atoms with Crippen molar-refractivity contribution in [1.29, 1.82) is 0 Å². The number of carbonyl (C=O) groups is 1. The van der Waals surface area contributed by atoms with Gasteiger partial charge >= 0.3 is 0 Å². The third-order valence-electron chi connectivity index (χ3n) is 1.87. The Morgan fingerprint density at radius 1 is 1.54 bits per heavy atom. The molecule has 0 radical (unpaired) electrons. The zero-order chi connectivity index (χ0) is 9.52. The minimum Gasteiger partial charge on any atom is -0.370 e. The lowest BCUT2D eigenvalue weighted by Gasteiger charge is -2.11. The monoisotopic (exact) mass is 184 g/mol. The number of rotatable bonds is 5. The molecule has 0 heterocycles. The van der Waals surface area contributed by atoms with Crippen LogP contribution in [0.1, 0.15) is 12.8 Å². The van der Waals surface area contributed by atoms with Gasteiger partial charge in [-0.15, -0.1) is 0 Å². The lowest BCUT2D eigenvalue weighted by Crippen LogP contribution is -2.35. The second kappa shape index (κ2) is 5.72. The van der Waals surface area contributed by atoms with Gasteiger partial charge in [0.05, 0.1) is 6.61 Å². The predicted octanol–water partition coefficient (Wildman–Crippen LogP) is -0.204. The molecule has 0 saturated heterocycles. The van der Waals surface area contributed by atoms with Gasteiger partial charge in [-0.2, -0.15) is 0 Å². The van der Waals surface area contributed by atoms with Crippen LogP contribution < -0.4 is 11.1 Å². The van der Waals surface area contributed by atoms with E-state index >= 15 is 0 Å². The van der Waals surface area contributed by atoms with Gasteiger partial charge in [-0.3, -0.25) is 4.79 Å². The lowest BCUT2D eigenvalue weighted by atomic mass is 10.2. The largest absolute Gasteiger partial charge is 0.370 e. The van der Waals surface area contributed by atoms with Crippen LogP contribution in [0.2, 0.25) is 0 Å². The highest BCUT2D eigenvalue weighted by Crippen LogP contribution is 2.08. The van der Waals surface area contributed by atoms with Crippen LogP contribution in [0, 0.1) is 0 Å². The molecule has 0 aromatic heterocycles. The number of carbonyl (C=O) groups excluding carboxylic acids is 1. The number of hydrogen-bond donors (Lipinski definition) is 2. The SMILES string of the molecule is NCCOCC(=O)NC1CC=CC1. The Morgan fingerprint density at radius 3 is 2.85 bits per heavy atom. The van der Waals surface area contributed by atoms with E-state index in [0.29, 0.717) is 13.2 Å². The quantitative estimate of drug-likeness (QED) is 0.459. The maximum absolute atomic E-state index is 11.2. The van der Waals surface area contributed by atoms with Crippen LogP contribution in [0.15, 0.2) is 12.2 Å². The first-order chi connectivity index (χ1) is 6.33. The molecule has 1 aliphatic carbocycles. The Kier molecular flexibility index (Phi) is 4.49. The molecular weight excluding hydrogens is 168 g/mol. The second-order valence-corrected chi connectivity index (χ2v) is 3.05. The zero-order valence-electron chi connectivity index (χ0n) is 7.66. The van der Waals surface area contributed by atoms with Gasteiger partial charge in [0.2, 0.25) is 5.91 Å². The maximum atomic E-state index is 11.2. The number of nitrogens with one attached hydrogen (secondary N) is 1. The molecule has 13 heavy (non-hydrogen) atoms. The summed E-state index contributed by atoms with van der Waals surface area (Å²) < 4.78 is 5.00. The van der Waals surface area contributed by atoms with E-state index in [1.807, 2.05) is 0 Å². The molecule has 0 aromatic carbocycles. The molecule has 0 atom stereocenters. The van der Waals surface area contributed by atoms with Crippen LogP contribution in [0.4, 0.5) is 0 Å². The van der Waals surface area contributed by atoms with E-state index in [-0.39, 0.29) is 18.6 Å². The third-order valence-corrected chi connectivity index (χ3v) is 1.87. The average molecular weight is 184 g/mol. The molecule has 74 valence electrons. The average Bonchev–Trinajstić information content (AvgIpc) is 2.57. The predicted molar refractivity (Wildman–Crippen MR) is 50.2 cm³/mol. The Balaban J connectivity index is 2.03. The molecule has 1 aliphatic rings. The molecule has 1 rings (SSSR count). The zero-order valence-corrected chi connectivity index (χ0v) is 7.66. The van der Waals surface area contributed by atoms with E-state index in [1.165, 1.54) is 0 Å². The molecule has 1 amide bonds. The molecule has 4 heteroatoms. The van der Waals surface area contributed by atoms with Crippen molar-refractivity contribution >= 4 is 5.91 Å². The van der Waals surface area contributed by atoms with Gasteiger partial charge in [-0.25, -0.2) is 0 Å². The van der Waals surface area contributed by atoms with Crippen LogP contribution in [0.5, 0.6) is 0 Å². The van der Waals surface area contributed by atoms with E-state index in [9.17, 15) is 4.79 Å². The molecule has 0 bridgehead atoms. The molecule has 4 nitrogen and oxygen atoms in total. The van der Waals surface area contributed by atoms with E-state index in [1.54, 1.807) is 0 Å². The van der Waals surface area contributed by atoms with Gasteiger partial charge in [-0.1, -0.05) is 12.2 Å². The highest BCUT2D eigenvalue weighted by atomic mass is 16.5. The van der Waals surface area contributed by atoms with Crippen LogP contribution in [-0.4, -0.2) is 31.7 Å². The second-order valence-electron chi connectivity index (χ2n) is 3.05. The number of hydrogen-bond acceptors (Lipinski definition) is 3. The summed E-state index contributed by atoms with van der Waals surface area (Å²) in [6.45, 7) is 1.02. The number of ether oxygens (including phenoxy) is 1. The Labute approximate surface area is 78.1 Å². The molecule has 0 aromatic rings. The van der Waals surface area contributed by atoms with E-state index in [2.05, 4.69) is 17.5 Å². The van der Waals surface area contributed by atoms with Crippen molar-refractivity contribution in [3.05, 3.63) is 12.2 Å². The van der Waals surface area contributed by atoms with Crippen molar-refractivity contribution < 1.29 is 9.53 Å². The minimum absolute atomic E-state index is 0.0536. The smallest absolute Gasteiger partial charge is 0.246 e. The summed E-state index contributed by atoms with van der Waals surface area (Å²) in [5, 5.41) is 2.87. The van der Waals surface area contributed by atoms with Crippen molar-refractivity contribution in [2.24, 2.45) is 5.73 Å². The van der Waals surface area contributed by atoms with E-state index in [4.69, 9.17) is 10.5 Å². The van der Waals surface area contributed by atoms with Crippen molar-refractivity contribution in [3.63, 3.8) is 0 Å². The molecule has 0 fully saturated rings. The normalized spacial score (nSPS) is 16.4. The van der Waals surface area contributed by atoms with E-state index in [0.717, 1.165) is 12.8 Å². The summed E-state index contributed by atoms with van der Waals surface area (Å²) in [6, 6.07) is 0.272. The van der Waals surface area contributed by atoms with Gasteiger partial charge in [-0.05, 0) is 12.8 Å². The van der Waals surface area contributed by atoms with Crippen LogP contribution in [-0.2, 0) is 9.53 Å². The van der Waals surface area contributed by atoms with Crippen LogP contribution >= 0.6 is 0 Å². The highest BCUT2D eigenvalue weighted by Gasteiger charge is 2.12. The standard InChI is InChI=1S/C9H16N2O2/c10-5-6-13-7-9(12)11-8-3-1-2-4-8/h1-2,8H,3-7,10H2,(H,11,12). The Bertz CT molecular complexity index is 184. The maximum Gasteiger partial charge on any atom is 0.246 e. The van der Waals surface area contributed by atoms with E-state index < -0.39 is 0 Å². The number of nitrogens with two attached hydrogens (primary N) is 1. The fourth-order valence-electron chi connectivity index (χ4n) is 1.25. The molecular formula is C9H16N2O2. The van der Waals surface area contributed by atoms with Crippen molar-refractivity contribution in [3.8, 4) is 0 Å². The lowest BCUT2D eigenvalue weighted by molar-refractivity contribution is -0.126. The topological polar surface area (TPSA) is 64.3 Å². The summed E-state index contributed by atoms with van der Waals surface area (Å²) in [7, 11) is 0. The molecule has 3 N–H and O–H groups in total. The summed E-state index contributed by atoms with van der Waals surface area (Å²) in [6.07, 6.45) is 6.02. The van der Waals surface area contributed by atoms with Crippen molar-refractivity contribution in [2.75, 3.05) is 19.8 Å². The Morgan fingerprint density at radius 2 is 2.23 bits per heavy atom. The van der Waals surface area contributed by atoms with Gasteiger partial charge in [0.25, 0.3) is 0 Å². The summed E-state index contributed by atoms with van der Waals surface area (Å²) in [5.74, 6) is -0.0536. The van der Waals surface area contributed by atoms with Gasteiger partial charge in [0.1, 0.15) is 6.61 Å². The van der Waals surface area contributed by atoms with Gasteiger partial charge in [0, 0.05) is 12.6 Å². The molecule has 0 saturated carbocycles. The molecule has 0 spiro atoms. The van der Waals surface area contributed by atoms with Crippen molar-refractivity contribution in [1.82, 2.24) is 5.32 Å². The van der Waals surface area contributed by atoms with Crippen molar-refractivity contribution in [2.45, 2.75) is 18.9 Å². The first-order valence-corrected chi connectivity index (χ1v) is 4.55. The Hall–Kier alpha value is -0.870. The molecule has 0 aliphatic heterocycles. The fraction of sp³-hybridized carbons (Fsp3) is 0.667. The van der Waals surface area contributed by atoms with Crippen LogP contribution in [0.25, 0.3) is 0 Å².